The number of carbonyl (C=O) groups excluding carboxylic acids is 1. The summed E-state index contributed by atoms with van der Waals surface area (Å²) in [5.41, 5.74) is 0. The van der Waals surface area contributed by atoms with Gasteiger partial charge in [0, 0.05) is 6.08 Å². The Labute approximate surface area is 52.4 Å². The molecular formula is C5H7NO3. The Morgan fingerprint density at radius 1 is 1.78 bits per heavy atom. The van der Waals surface area contributed by atoms with Crippen LogP contribution < -0.4 is 0 Å². The van der Waals surface area contributed by atoms with E-state index in [1.807, 2.05) is 0 Å². The molecule has 4 nitrogen and oxygen atoms in total. The second-order valence-electron chi connectivity index (χ2n) is 1.15. The molecule has 0 saturated carbocycles. The van der Waals surface area contributed by atoms with Gasteiger partial charge in [-0.3, -0.25) is 0 Å². The standard InChI is InChI=1S/C5H7NO3/c1-9-5(7)3-2-4-6-8/h2-4,8H,1H3/b3-2-,6-4+. The highest BCUT2D eigenvalue weighted by molar-refractivity contribution is 5.87. The van der Waals surface area contributed by atoms with E-state index in [0.717, 1.165) is 12.3 Å². The summed E-state index contributed by atoms with van der Waals surface area (Å²) in [6.07, 6.45) is 3.47. The van der Waals surface area contributed by atoms with Crippen LogP contribution in [0.15, 0.2) is 17.3 Å². The SMILES string of the molecule is COC(=O)/C=C\C=N\O. The van der Waals surface area contributed by atoms with E-state index in [0.29, 0.717) is 0 Å². The predicted octanol–water partition coefficient (Wildman–Crippen LogP) is 0.176. The second-order valence-corrected chi connectivity index (χ2v) is 1.15. The minimum Gasteiger partial charge on any atom is -0.466 e. The van der Waals surface area contributed by atoms with Gasteiger partial charge in [-0.2, -0.15) is 0 Å². The summed E-state index contributed by atoms with van der Waals surface area (Å²) >= 11 is 0. The number of rotatable bonds is 2. The number of allylic oxidation sites excluding steroid dienone is 1. The zero-order valence-electron chi connectivity index (χ0n) is 4.94. The van der Waals surface area contributed by atoms with Gasteiger partial charge in [0.1, 0.15) is 0 Å². The Hall–Kier alpha value is -1.32. The number of methoxy groups -OCH3 is 1. The largest absolute Gasteiger partial charge is 0.466 e. The summed E-state index contributed by atoms with van der Waals surface area (Å²) in [5, 5.41) is 10.4. The number of carbonyl (C=O) groups is 1. The first-order valence-corrected chi connectivity index (χ1v) is 2.23. The Bertz CT molecular complexity index is 139. The van der Waals surface area contributed by atoms with Crippen molar-refractivity contribution in [1.29, 1.82) is 0 Å². The molecule has 0 unspecified atom stereocenters. The van der Waals surface area contributed by atoms with Gasteiger partial charge in [0.25, 0.3) is 0 Å². The molecule has 0 amide bonds. The average Bonchev–Trinajstić information content (AvgIpc) is 1.89. The van der Waals surface area contributed by atoms with Crippen LogP contribution in [0.1, 0.15) is 0 Å². The van der Waals surface area contributed by atoms with E-state index in [-0.39, 0.29) is 0 Å². The highest BCUT2D eigenvalue weighted by Gasteiger charge is 1.85. The molecule has 0 atom stereocenters. The van der Waals surface area contributed by atoms with E-state index in [9.17, 15) is 4.79 Å². The number of ether oxygens (including phenoxy) is 1. The summed E-state index contributed by atoms with van der Waals surface area (Å²) < 4.78 is 4.23. The minimum absolute atomic E-state index is 0.477. The van der Waals surface area contributed by atoms with Gasteiger partial charge in [-0.15, -0.1) is 0 Å². The summed E-state index contributed by atoms with van der Waals surface area (Å²) in [6, 6.07) is 0. The van der Waals surface area contributed by atoms with Crippen LogP contribution in [0, 0.1) is 0 Å². The Kier molecular flexibility index (Phi) is 4.12. The topological polar surface area (TPSA) is 58.9 Å². The molecule has 0 spiro atoms. The number of nitrogens with zero attached hydrogens (tertiary/aromatic N) is 1. The Balaban J connectivity index is 3.57. The molecule has 0 bridgehead atoms. The second kappa shape index (κ2) is 4.83. The quantitative estimate of drug-likeness (QED) is 0.190. The average molecular weight is 129 g/mol. The van der Waals surface area contributed by atoms with Crippen molar-refractivity contribution in [3.8, 4) is 0 Å². The van der Waals surface area contributed by atoms with Crippen LogP contribution in [0.5, 0.6) is 0 Å². The van der Waals surface area contributed by atoms with Gasteiger partial charge in [-0.25, -0.2) is 4.79 Å². The van der Waals surface area contributed by atoms with E-state index in [1.54, 1.807) is 0 Å². The number of oxime groups is 1. The van der Waals surface area contributed by atoms with E-state index in [1.165, 1.54) is 13.2 Å². The van der Waals surface area contributed by atoms with Crippen LogP contribution >= 0.6 is 0 Å². The highest BCUT2D eigenvalue weighted by Crippen LogP contribution is 1.74. The minimum atomic E-state index is -0.477. The molecular weight excluding hydrogens is 122 g/mol. The summed E-state index contributed by atoms with van der Waals surface area (Å²) in [5.74, 6) is -0.477. The Morgan fingerprint density at radius 2 is 2.44 bits per heavy atom. The molecule has 4 heteroatoms. The van der Waals surface area contributed by atoms with Gasteiger partial charge in [0.15, 0.2) is 0 Å². The molecule has 50 valence electrons. The molecule has 0 heterocycles. The molecule has 0 radical (unpaired) electrons. The van der Waals surface area contributed by atoms with Crippen molar-refractivity contribution in [3.63, 3.8) is 0 Å². The van der Waals surface area contributed by atoms with Crippen LogP contribution in [0.25, 0.3) is 0 Å². The highest BCUT2D eigenvalue weighted by atomic mass is 16.5. The molecule has 0 aliphatic heterocycles. The third-order valence-electron chi connectivity index (χ3n) is 0.586. The summed E-state index contributed by atoms with van der Waals surface area (Å²) in [4.78, 5) is 10.2. The van der Waals surface area contributed by atoms with E-state index in [2.05, 4.69) is 9.89 Å². The van der Waals surface area contributed by atoms with Crippen molar-refractivity contribution in [2.75, 3.05) is 7.11 Å². The molecule has 0 rings (SSSR count). The Morgan fingerprint density at radius 3 is 2.89 bits per heavy atom. The molecule has 0 aliphatic rings. The van der Waals surface area contributed by atoms with Gasteiger partial charge in [-0.1, -0.05) is 5.16 Å². The van der Waals surface area contributed by atoms with Crippen LogP contribution in [0.3, 0.4) is 0 Å². The van der Waals surface area contributed by atoms with E-state index < -0.39 is 5.97 Å². The maximum absolute atomic E-state index is 10.2. The molecule has 1 N–H and O–H groups in total. The third-order valence-corrected chi connectivity index (χ3v) is 0.586. The van der Waals surface area contributed by atoms with Crippen LogP contribution in [-0.4, -0.2) is 24.5 Å². The maximum Gasteiger partial charge on any atom is 0.330 e. The van der Waals surface area contributed by atoms with Crippen molar-refractivity contribution in [3.05, 3.63) is 12.2 Å². The van der Waals surface area contributed by atoms with E-state index in [4.69, 9.17) is 5.21 Å². The van der Waals surface area contributed by atoms with Crippen molar-refractivity contribution in [2.45, 2.75) is 0 Å². The van der Waals surface area contributed by atoms with Crippen molar-refractivity contribution in [1.82, 2.24) is 0 Å². The van der Waals surface area contributed by atoms with Crippen LogP contribution in [0.4, 0.5) is 0 Å². The molecule has 0 fully saturated rings. The molecule has 0 saturated heterocycles. The van der Waals surface area contributed by atoms with Gasteiger partial charge in [0.2, 0.25) is 0 Å². The number of hydrogen-bond donors (Lipinski definition) is 1. The predicted molar refractivity (Wildman–Crippen MR) is 31.4 cm³/mol. The fourth-order valence-electron chi connectivity index (χ4n) is 0.228. The molecule has 0 aromatic carbocycles. The zero-order chi connectivity index (χ0) is 7.11. The third kappa shape index (κ3) is 4.53. The summed E-state index contributed by atoms with van der Waals surface area (Å²) in [7, 11) is 1.27. The first-order chi connectivity index (χ1) is 4.31. The van der Waals surface area contributed by atoms with E-state index >= 15 is 0 Å². The normalized spacial score (nSPS) is 10.8. The van der Waals surface area contributed by atoms with Crippen molar-refractivity contribution >= 4 is 12.2 Å². The van der Waals surface area contributed by atoms with Gasteiger partial charge in [-0.05, 0) is 6.08 Å². The fraction of sp³-hybridized carbons (Fsp3) is 0.200. The fourth-order valence-corrected chi connectivity index (χ4v) is 0.228. The maximum atomic E-state index is 10.2. The molecule has 9 heavy (non-hydrogen) atoms. The first-order valence-electron chi connectivity index (χ1n) is 2.23. The lowest BCUT2D eigenvalue weighted by atomic mass is 10.5. The van der Waals surface area contributed by atoms with Gasteiger partial charge < -0.3 is 9.94 Å². The van der Waals surface area contributed by atoms with Gasteiger partial charge >= 0.3 is 5.97 Å². The van der Waals surface area contributed by atoms with Gasteiger partial charge in [0.05, 0.1) is 13.3 Å². The lowest BCUT2D eigenvalue weighted by Crippen LogP contribution is -1.93. The lowest BCUT2D eigenvalue weighted by molar-refractivity contribution is -0.134. The monoisotopic (exact) mass is 129 g/mol. The van der Waals surface area contributed by atoms with Crippen molar-refractivity contribution in [2.24, 2.45) is 5.16 Å². The first kappa shape index (κ1) is 7.68. The van der Waals surface area contributed by atoms with Crippen LogP contribution in [-0.2, 0) is 9.53 Å². The number of esters is 1. The summed E-state index contributed by atoms with van der Waals surface area (Å²) in [6.45, 7) is 0. The van der Waals surface area contributed by atoms with Crippen molar-refractivity contribution < 1.29 is 14.7 Å². The zero-order valence-corrected chi connectivity index (χ0v) is 4.94. The number of hydrogen-bond acceptors (Lipinski definition) is 4. The van der Waals surface area contributed by atoms with Crippen LogP contribution in [0.2, 0.25) is 0 Å². The molecule has 0 aromatic heterocycles. The molecule has 0 aliphatic carbocycles. The smallest absolute Gasteiger partial charge is 0.330 e. The molecule has 0 aromatic rings. The lowest BCUT2D eigenvalue weighted by Gasteiger charge is -1.85.